The topological polar surface area (TPSA) is 89.8 Å². The van der Waals surface area contributed by atoms with Gasteiger partial charge in [-0.3, -0.25) is 4.79 Å². The molecule has 3 aromatic carbocycles. The Balaban J connectivity index is 1.74. The van der Waals surface area contributed by atoms with E-state index in [9.17, 15) is 9.59 Å². The van der Waals surface area contributed by atoms with Gasteiger partial charge in [0.2, 0.25) is 0 Å². The Kier molecular flexibility index (Phi) is 6.07. The van der Waals surface area contributed by atoms with Crippen LogP contribution in [0.15, 0.2) is 82.0 Å². The fourth-order valence-electron chi connectivity index (χ4n) is 3.36. The van der Waals surface area contributed by atoms with Crippen LogP contribution in [0.5, 0.6) is 11.5 Å². The molecule has 1 aromatic heterocycles. The molecule has 0 saturated carbocycles. The van der Waals surface area contributed by atoms with Gasteiger partial charge in [-0.2, -0.15) is 0 Å². The Morgan fingerprint density at radius 1 is 0.875 bits per heavy atom. The number of nitrogens with one attached hydrogen (secondary N) is 2. The molecule has 7 nitrogen and oxygen atoms in total. The quantitative estimate of drug-likeness (QED) is 0.414. The van der Waals surface area contributed by atoms with Crippen LogP contribution in [0.4, 0.5) is 11.4 Å². The number of carbonyl (C=O) groups excluding carboxylic acids is 1. The molecular weight excluding hydrogens is 408 g/mol. The summed E-state index contributed by atoms with van der Waals surface area (Å²) >= 11 is 0. The van der Waals surface area contributed by atoms with Crippen molar-refractivity contribution in [2.75, 3.05) is 24.9 Å². The SMILES string of the molecule is COc1cc(OC)cc(C(=O)Nc2c(NCc3ccccc3)c3ccccc3oc2=O)c1. The summed E-state index contributed by atoms with van der Waals surface area (Å²) in [4.78, 5) is 25.8. The van der Waals surface area contributed by atoms with Crippen LogP contribution in [0.2, 0.25) is 0 Å². The molecule has 2 N–H and O–H groups in total. The van der Waals surface area contributed by atoms with Gasteiger partial charge in [-0.05, 0) is 29.8 Å². The number of para-hydroxylation sites is 1. The van der Waals surface area contributed by atoms with Crippen molar-refractivity contribution in [3.63, 3.8) is 0 Å². The summed E-state index contributed by atoms with van der Waals surface area (Å²) in [6.07, 6.45) is 0. The van der Waals surface area contributed by atoms with E-state index in [1.807, 2.05) is 42.5 Å². The highest BCUT2D eigenvalue weighted by molar-refractivity contribution is 6.09. The van der Waals surface area contributed by atoms with E-state index in [-0.39, 0.29) is 11.3 Å². The van der Waals surface area contributed by atoms with Gasteiger partial charge in [0.1, 0.15) is 17.1 Å². The second-order valence-corrected chi connectivity index (χ2v) is 7.03. The van der Waals surface area contributed by atoms with Crippen molar-refractivity contribution in [1.29, 1.82) is 0 Å². The lowest BCUT2D eigenvalue weighted by Crippen LogP contribution is -2.20. The summed E-state index contributed by atoms with van der Waals surface area (Å²) in [7, 11) is 3.00. The first-order chi connectivity index (χ1) is 15.6. The fourth-order valence-corrected chi connectivity index (χ4v) is 3.36. The number of hydrogen-bond donors (Lipinski definition) is 2. The predicted molar refractivity (Wildman–Crippen MR) is 124 cm³/mol. The van der Waals surface area contributed by atoms with E-state index in [4.69, 9.17) is 13.9 Å². The molecule has 1 amide bonds. The molecular formula is C25H22N2O5. The maximum absolute atomic E-state index is 13.0. The Labute approximate surface area is 184 Å². The van der Waals surface area contributed by atoms with Crippen LogP contribution in [0.3, 0.4) is 0 Å². The molecule has 0 bridgehead atoms. The van der Waals surface area contributed by atoms with E-state index >= 15 is 0 Å². The molecule has 0 radical (unpaired) electrons. The number of carbonyl (C=O) groups is 1. The van der Waals surface area contributed by atoms with E-state index in [0.29, 0.717) is 34.7 Å². The monoisotopic (exact) mass is 430 g/mol. The smallest absolute Gasteiger partial charge is 0.362 e. The standard InChI is InChI=1S/C25H22N2O5/c1-30-18-12-17(13-19(14-18)31-2)24(28)27-23-22(26-15-16-8-4-3-5-9-16)20-10-6-7-11-21(20)32-25(23)29/h3-14,26H,15H2,1-2H3,(H,27,28). The van der Waals surface area contributed by atoms with E-state index < -0.39 is 11.5 Å². The highest BCUT2D eigenvalue weighted by Crippen LogP contribution is 2.30. The zero-order chi connectivity index (χ0) is 22.5. The Bertz CT molecular complexity index is 1290. The number of anilines is 2. The van der Waals surface area contributed by atoms with Gasteiger partial charge in [0.25, 0.3) is 5.91 Å². The number of benzene rings is 3. The number of methoxy groups -OCH3 is 2. The highest BCUT2D eigenvalue weighted by atomic mass is 16.5. The zero-order valence-corrected chi connectivity index (χ0v) is 17.7. The maximum Gasteiger partial charge on any atom is 0.362 e. The Hall–Kier alpha value is -4.26. The van der Waals surface area contributed by atoms with Gasteiger partial charge in [-0.1, -0.05) is 42.5 Å². The molecule has 0 atom stereocenters. The predicted octanol–water partition coefficient (Wildman–Crippen LogP) is 4.67. The summed E-state index contributed by atoms with van der Waals surface area (Å²) in [5.41, 5.74) is 1.61. The molecule has 4 rings (SSSR count). The summed E-state index contributed by atoms with van der Waals surface area (Å²) in [5.74, 6) is 0.428. The molecule has 4 aromatic rings. The van der Waals surface area contributed by atoms with Crippen LogP contribution in [0, 0.1) is 0 Å². The molecule has 0 aliphatic carbocycles. The lowest BCUT2D eigenvalue weighted by molar-refractivity contribution is 0.102. The van der Waals surface area contributed by atoms with Crippen molar-refractivity contribution < 1.29 is 18.7 Å². The molecule has 7 heteroatoms. The lowest BCUT2D eigenvalue weighted by atomic mass is 10.1. The van der Waals surface area contributed by atoms with E-state index in [2.05, 4.69) is 10.6 Å². The average Bonchev–Trinajstić information content (AvgIpc) is 2.84. The first-order valence-electron chi connectivity index (χ1n) is 9.97. The van der Waals surface area contributed by atoms with Gasteiger partial charge in [-0.15, -0.1) is 0 Å². The minimum Gasteiger partial charge on any atom is -0.497 e. The molecule has 0 unspecified atom stereocenters. The van der Waals surface area contributed by atoms with Crippen molar-refractivity contribution in [2.24, 2.45) is 0 Å². The van der Waals surface area contributed by atoms with Crippen LogP contribution in [-0.4, -0.2) is 20.1 Å². The summed E-state index contributed by atoms with van der Waals surface area (Å²) < 4.78 is 15.9. The van der Waals surface area contributed by atoms with Crippen LogP contribution in [-0.2, 0) is 6.54 Å². The molecule has 1 heterocycles. The molecule has 0 spiro atoms. The molecule has 0 aliphatic heterocycles. The zero-order valence-electron chi connectivity index (χ0n) is 17.7. The third-order valence-electron chi connectivity index (χ3n) is 4.98. The first-order valence-corrected chi connectivity index (χ1v) is 9.97. The second kappa shape index (κ2) is 9.26. The average molecular weight is 430 g/mol. The highest BCUT2D eigenvalue weighted by Gasteiger charge is 2.19. The number of fused-ring (bicyclic) bond motifs is 1. The van der Waals surface area contributed by atoms with Crippen molar-refractivity contribution in [2.45, 2.75) is 6.54 Å². The normalized spacial score (nSPS) is 10.6. The van der Waals surface area contributed by atoms with Crippen molar-refractivity contribution in [3.05, 3.63) is 94.3 Å². The van der Waals surface area contributed by atoms with Crippen molar-refractivity contribution >= 4 is 28.3 Å². The minimum atomic E-state index is -0.650. The molecule has 0 aliphatic rings. The third kappa shape index (κ3) is 4.41. The van der Waals surface area contributed by atoms with Gasteiger partial charge in [0.15, 0.2) is 5.69 Å². The van der Waals surface area contributed by atoms with E-state index in [0.717, 1.165) is 5.56 Å². The minimum absolute atomic E-state index is 0.0337. The second-order valence-electron chi connectivity index (χ2n) is 7.03. The number of ether oxygens (including phenoxy) is 2. The van der Waals surface area contributed by atoms with Gasteiger partial charge < -0.3 is 24.5 Å². The van der Waals surface area contributed by atoms with Gasteiger partial charge in [0.05, 0.1) is 19.9 Å². The summed E-state index contributed by atoms with van der Waals surface area (Å²) in [6.45, 7) is 0.462. The molecule has 0 saturated heterocycles. The number of rotatable bonds is 7. The van der Waals surface area contributed by atoms with Crippen LogP contribution >= 0.6 is 0 Å². The Morgan fingerprint density at radius 2 is 1.53 bits per heavy atom. The van der Waals surface area contributed by atoms with Crippen molar-refractivity contribution in [1.82, 2.24) is 0 Å². The largest absolute Gasteiger partial charge is 0.497 e. The fraction of sp³-hybridized carbons (Fsp3) is 0.120. The van der Waals surface area contributed by atoms with Crippen LogP contribution in [0.25, 0.3) is 11.0 Å². The van der Waals surface area contributed by atoms with Crippen LogP contribution < -0.4 is 25.7 Å². The van der Waals surface area contributed by atoms with Gasteiger partial charge >= 0.3 is 5.63 Å². The lowest BCUT2D eigenvalue weighted by Gasteiger charge is -2.15. The Morgan fingerprint density at radius 3 is 2.22 bits per heavy atom. The van der Waals surface area contributed by atoms with E-state index in [1.54, 1.807) is 30.3 Å². The summed E-state index contributed by atoms with van der Waals surface area (Å²) in [5, 5.41) is 6.68. The van der Waals surface area contributed by atoms with E-state index in [1.165, 1.54) is 14.2 Å². The number of hydrogen-bond acceptors (Lipinski definition) is 6. The van der Waals surface area contributed by atoms with Crippen LogP contribution in [0.1, 0.15) is 15.9 Å². The maximum atomic E-state index is 13.0. The molecule has 32 heavy (non-hydrogen) atoms. The molecule has 162 valence electrons. The first kappa shape index (κ1) is 21.0. The number of amides is 1. The molecule has 0 fully saturated rings. The van der Waals surface area contributed by atoms with Gasteiger partial charge in [-0.25, -0.2) is 4.79 Å². The summed E-state index contributed by atoms with van der Waals surface area (Å²) in [6, 6.07) is 21.7. The van der Waals surface area contributed by atoms with Crippen molar-refractivity contribution in [3.8, 4) is 11.5 Å². The van der Waals surface area contributed by atoms with Gasteiger partial charge in [0, 0.05) is 23.6 Å². The third-order valence-corrected chi connectivity index (χ3v) is 4.98.